The Morgan fingerprint density at radius 2 is 2.07 bits per heavy atom. The van der Waals surface area contributed by atoms with Crippen molar-refractivity contribution < 1.29 is 4.79 Å². The van der Waals surface area contributed by atoms with E-state index in [0.717, 1.165) is 37.4 Å². The van der Waals surface area contributed by atoms with Gasteiger partial charge in [0.05, 0.1) is 6.04 Å². The minimum Gasteiger partial charge on any atom is -0.348 e. The minimum absolute atomic E-state index is 0.161. The maximum atomic E-state index is 12.8. The van der Waals surface area contributed by atoms with Crippen LogP contribution in [0.25, 0.3) is 0 Å². The predicted octanol–water partition coefficient (Wildman–Crippen LogP) is 5.08. The first-order valence-electron chi connectivity index (χ1n) is 10.5. The number of nitrogens with zero attached hydrogens (tertiary/aromatic N) is 2. The maximum Gasteiger partial charge on any atom is 0.227 e. The van der Waals surface area contributed by atoms with Crippen LogP contribution in [0.2, 0.25) is 0 Å². The third-order valence-electron chi connectivity index (χ3n) is 6.98. The molecule has 1 saturated heterocycles. The molecule has 1 amide bonds. The summed E-state index contributed by atoms with van der Waals surface area (Å²) in [4.78, 5) is 20.0. The van der Waals surface area contributed by atoms with Crippen LogP contribution in [-0.2, 0) is 4.79 Å². The molecule has 4 rings (SSSR count). The van der Waals surface area contributed by atoms with Gasteiger partial charge in [0.2, 0.25) is 5.91 Å². The number of carbonyl (C=O) groups excluding carboxylic acids is 1. The van der Waals surface area contributed by atoms with E-state index in [1.165, 1.54) is 36.4 Å². The minimum atomic E-state index is 0.161. The van der Waals surface area contributed by atoms with Crippen molar-refractivity contribution in [2.24, 2.45) is 16.3 Å². The molecule has 3 aliphatic rings. The van der Waals surface area contributed by atoms with E-state index in [9.17, 15) is 4.79 Å². The number of amides is 1. The van der Waals surface area contributed by atoms with Gasteiger partial charge in [-0.25, -0.2) is 0 Å². The molecule has 4 nitrogen and oxygen atoms in total. The monoisotopic (exact) mass is 385 g/mol. The van der Waals surface area contributed by atoms with Crippen molar-refractivity contribution >= 4 is 28.5 Å². The summed E-state index contributed by atoms with van der Waals surface area (Å²) in [5.74, 6) is 1.51. The first-order valence-corrected chi connectivity index (χ1v) is 11.5. The van der Waals surface area contributed by atoms with Gasteiger partial charge in [0.15, 0.2) is 5.17 Å². The molecule has 0 radical (unpaired) electrons. The Hall–Kier alpha value is -1.49. The Labute approximate surface area is 167 Å². The number of amidine groups is 1. The van der Waals surface area contributed by atoms with Crippen LogP contribution >= 0.6 is 11.8 Å². The smallest absolute Gasteiger partial charge is 0.227 e. The van der Waals surface area contributed by atoms with Crippen LogP contribution in [0.3, 0.4) is 0 Å². The number of hydrogen-bond donors (Lipinski definition) is 1. The third-order valence-corrected chi connectivity index (χ3v) is 7.99. The Morgan fingerprint density at radius 3 is 2.78 bits per heavy atom. The Morgan fingerprint density at radius 1 is 1.30 bits per heavy atom. The van der Waals surface area contributed by atoms with Gasteiger partial charge in [-0.2, -0.15) is 0 Å². The van der Waals surface area contributed by atoms with Gasteiger partial charge in [0, 0.05) is 30.4 Å². The van der Waals surface area contributed by atoms with E-state index in [4.69, 9.17) is 4.99 Å². The number of rotatable bonds is 5. The van der Waals surface area contributed by atoms with Crippen LogP contribution in [0.15, 0.2) is 29.3 Å². The van der Waals surface area contributed by atoms with Gasteiger partial charge in [-0.3, -0.25) is 9.79 Å². The molecule has 2 fully saturated rings. The molecule has 1 atom stereocenters. The maximum absolute atomic E-state index is 12.8. The van der Waals surface area contributed by atoms with Gasteiger partial charge in [-0.05, 0) is 48.8 Å². The normalized spacial score (nSPS) is 24.6. The third kappa shape index (κ3) is 3.89. The highest BCUT2D eigenvalue weighted by Crippen LogP contribution is 2.44. The summed E-state index contributed by atoms with van der Waals surface area (Å²) >= 11 is 1.85. The molecule has 2 heterocycles. The number of benzene rings is 1. The van der Waals surface area contributed by atoms with Crippen molar-refractivity contribution in [2.45, 2.75) is 58.4 Å². The average Bonchev–Trinajstić information content (AvgIpc) is 3.30. The lowest BCUT2D eigenvalue weighted by molar-refractivity contribution is -0.121. The summed E-state index contributed by atoms with van der Waals surface area (Å²) in [6.07, 6.45) is 6.89. The lowest BCUT2D eigenvalue weighted by Crippen LogP contribution is -2.32. The zero-order valence-electron chi connectivity index (χ0n) is 16.5. The molecule has 1 saturated carbocycles. The molecule has 146 valence electrons. The van der Waals surface area contributed by atoms with E-state index < -0.39 is 0 Å². The number of fused-ring (bicyclic) bond motifs is 1. The molecule has 0 bridgehead atoms. The van der Waals surface area contributed by atoms with Gasteiger partial charge in [0.25, 0.3) is 0 Å². The van der Waals surface area contributed by atoms with Gasteiger partial charge >= 0.3 is 0 Å². The Balaban J connectivity index is 1.37. The molecule has 0 aromatic heterocycles. The molecule has 2 aliphatic heterocycles. The lowest BCUT2D eigenvalue weighted by Gasteiger charge is -2.38. The Kier molecular flexibility index (Phi) is 5.49. The van der Waals surface area contributed by atoms with Crippen LogP contribution in [0, 0.1) is 11.3 Å². The summed E-state index contributed by atoms with van der Waals surface area (Å²) in [7, 11) is 0. The predicted molar refractivity (Wildman–Crippen MR) is 114 cm³/mol. The van der Waals surface area contributed by atoms with Crippen LogP contribution in [0.1, 0.15) is 64.0 Å². The van der Waals surface area contributed by atoms with E-state index in [0.29, 0.717) is 5.41 Å². The first-order chi connectivity index (χ1) is 13.1. The molecular weight excluding hydrogens is 354 g/mol. The number of nitrogens with one attached hydrogen (secondary N) is 1. The van der Waals surface area contributed by atoms with Crippen molar-refractivity contribution in [3.8, 4) is 0 Å². The summed E-state index contributed by atoms with van der Waals surface area (Å²) in [6, 6.07) is 8.50. The van der Waals surface area contributed by atoms with Crippen molar-refractivity contribution in [3.63, 3.8) is 0 Å². The second-order valence-corrected chi connectivity index (χ2v) is 9.38. The van der Waals surface area contributed by atoms with Crippen LogP contribution < -0.4 is 5.32 Å². The number of hydrogen-bond acceptors (Lipinski definition) is 4. The number of aliphatic imine (C=N–C) groups is 1. The van der Waals surface area contributed by atoms with Gasteiger partial charge in [0.1, 0.15) is 0 Å². The van der Waals surface area contributed by atoms with Gasteiger partial charge < -0.3 is 10.2 Å². The van der Waals surface area contributed by atoms with E-state index in [1.807, 2.05) is 23.9 Å². The molecule has 1 N–H and O–H groups in total. The first kappa shape index (κ1) is 18.9. The van der Waals surface area contributed by atoms with Crippen molar-refractivity contribution in [1.29, 1.82) is 0 Å². The summed E-state index contributed by atoms with van der Waals surface area (Å²) < 4.78 is 0. The van der Waals surface area contributed by atoms with E-state index in [-0.39, 0.29) is 17.9 Å². The topological polar surface area (TPSA) is 44.7 Å². The van der Waals surface area contributed by atoms with Gasteiger partial charge in [-0.15, -0.1) is 0 Å². The fourth-order valence-electron chi connectivity index (χ4n) is 4.80. The molecule has 27 heavy (non-hydrogen) atoms. The average molecular weight is 386 g/mol. The summed E-state index contributed by atoms with van der Waals surface area (Å²) in [6.45, 7) is 6.67. The van der Waals surface area contributed by atoms with Crippen LogP contribution in [0.5, 0.6) is 0 Å². The molecule has 1 aromatic carbocycles. The van der Waals surface area contributed by atoms with E-state index >= 15 is 0 Å². The van der Waals surface area contributed by atoms with Gasteiger partial charge in [-0.1, -0.05) is 50.6 Å². The van der Waals surface area contributed by atoms with Crippen molar-refractivity contribution in [2.75, 3.05) is 24.2 Å². The number of anilines is 1. The SMILES string of the molecule is CCC1(CC)CCC(C(=O)Nc2cccc(C3CN4CCSC4=N3)c2)CC1. The van der Waals surface area contributed by atoms with Crippen LogP contribution in [0.4, 0.5) is 5.69 Å². The Bertz CT molecular complexity index is 718. The van der Waals surface area contributed by atoms with E-state index in [2.05, 4.69) is 36.2 Å². The number of carbonyl (C=O) groups is 1. The second-order valence-electron chi connectivity index (χ2n) is 8.32. The van der Waals surface area contributed by atoms with Crippen LogP contribution in [-0.4, -0.2) is 34.8 Å². The molecule has 5 heteroatoms. The number of thioether (sulfide) groups is 1. The fourth-order valence-corrected chi connectivity index (χ4v) is 5.85. The molecule has 1 aliphatic carbocycles. The second kappa shape index (κ2) is 7.86. The summed E-state index contributed by atoms with van der Waals surface area (Å²) in [5, 5.41) is 4.37. The molecule has 1 aromatic rings. The zero-order chi connectivity index (χ0) is 18.9. The largest absolute Gasteiger partial charge is 0.348 e. The summed E-state index contributed by atoms with van der Waals surface area (Å²) in [5.41, 5.74) is 2.60. The zero-order valence-corrected chi connectivity index (χ0v) is 17.4. The molecule has 1 unspecified atom stereocenters. The standard InChI is InChI=1S/C22H31N3OS/c1-3-22(4-2)10-8-16(9-11-22)20(26)23-18-7-5-6-17(14-18)19-15-25-12-13-27-21(25)24-19/h5-7,14,16,19H,3-4,8-13,15H2,1-2H3,(H,23,26). The highest BCUT2D eigenvalue weighted by molar-refractivity contribution is 8.14. The fraction of sp³-hybridized carbons (Fsp3) is 0.636. The van der Waals surface area contributed by atoms with Crippen molar-refractivity contribution in [1.82, 2.24) is 4.90 Å². The van der Waals surface area contributed by atoms with Crippen molar-refractivity contribution in [3.05, 3.63) is 29.8 Å². The highest BCUT2D eigenvalue weighted by Gasteiger charge is 2.35. The van der Waals surface area contributed by atoms with E-state index in [1.54, 1.807) is 0 Å². The quantitative estimate of drug-likeness (QED) is 0.768. The molecular formula is C22H31N3OS. The highest BCUT2D eigenvalue weighted by atomic mass is 32.2. The molecule has 0 spiro atoms. The lowest BCUT2D eigenvalue weighted by atomic mass is 9.67.